The molecule has 1 aliphatic carbocycles. The number of rotatable bonds is 5. The lowest BCUT2D eigenvalue weighted by Crippen LogP contribution is -2.66. The minimum absolute atomic E-state index is 0.317. The van der Waals surface area contributed by atoms with Gasteiger partial charge < -0.3 is 10.0 Å². The Balaban J connectivity index is 1.23. The van der Waals surface area contributed by atoms with Gasteiger partial charge in [-0.2, -0.15) is 0 Å². The van der Waals surface area contributed by atoms with Crippen LogP contribution < -0.4 is 4.90 Å². The van der Waals surface area contributed by atoms with Gasteiger partial charge in [0, 0.05) is 40.7 Å². The summed E-state index contributed by atoms with van der Waals surface area (Å²) in [7, 11) is 0. The fraction of sp³-hybridized carbons (Fsp3) is 0.423. The summed E-state index contributed by atoms with van der Waals surface area (Å²) >= 11 is 3.41. The second kappa shape index (κ2) is 7.79. The molecule has 2 heterocycles. The van der Waals surface area contributed by atoms with Gasteiger partial charge in [-0.3, -0.25) is 4.90 Å². The first-order valence-corrected chi connectivity index (χ1v) is 11.9. The summed E-state index contributed by atoms with van der Waals surface area (Å²) in [5.74, 6) is -0.895. The first-order chi connectivity index (χ1) is 14.9. The molecule has 2 aromatic carbocycles. The summed E-state index contributed by atoms with van der Waals surface area (Å²) in [6.45, 7) is 9.66. The molecule has 5 rings (SSSR count). The van der Waals surface area contributed by atoms with E-state index in [-0.39, 0.29) is 0 Å². The van der Waals surface area contributed by atoms with Crippen LogP contribution in [0.2, 0.25) is 0 Å². The van der Waals surface area contributed by atoms with Gasteiger partial charge in [0.1, 0.15) is 0 Å². The van der Waals surface area contributed by atoms with Crippen LogP contribution in [0.3, 0.4) is 0 Å². The average molecular weight is 481 g/mol. The summed E-state index contributed by atoms with van der Waals surface area (Å²) < 4.78 is 0.654. The van der Waals surface area contributed by atoms with Crippen molar-refractivity contribution < 1.29 is 9.90 Å². The van der Waals surface area contributed by atoms with Gasteiger partial charge in [0.05, 0.1) is 5.56 Å². The molecule has 2 aliphatic heterocycles. The third kappa shape index (κ3) is 3.62. The Morgan fingerprint density at radius 2 is 1.90 bits per heavy atom. The standard InChI is InChI=1S/C26H29BrN2O2/c1-17(2)20-6-3-4-7-21(20)24-8-5-11-29(24)19-13-26(14-19)15-28(16-26)18-9-10-22(25(30)31)23(27)12-18/h3-4,6-7,9-10,12,19,24H,1,5,8,11,13-16H2,2H3,(H,30,31)/t24-/m0/s1. The maximum absolute atomic E-state index is 11.2. The van der Waals surface area contributed by atoms with Crippen molar-refractivity contribution in [1.82, 2.24) is 4.90 Å². The fourth-order valence-corrected chi connectivity index (χ4v) is 6.53. The molecule has 3 fully saturated rings. The average Bonchev–Trinajstić information content (AvgIpc) is 3.15. The molecule has 2 aromatic rings. The highest BCUT2D eigenvalue weighted by Crippen LogP contribution is 2.54. The molecular weight excluding hydrogens is 452 g/mol. The molecule has 1 N–H and O–H groups in total. The smallest absolute Gasteiger partial charge is 0.336 e. The van der Waals surface area contributed by atoms with E-state index in [1.54, 1.807) is 6.07 Å². The summed E-state index contributed by atoms with van der Waals surface area (Å²) in [5.41, 5.74) is 5.79. The van der Waals surface area contributed by atoms with Gasteiger partial charge in [-0.15, -0.1) is 0 Å². The lowest BCUT2D eigenvalue weighted by atomic mass is 9.60. The molecule has 0 aromatic heterocycles. The summed E-state index contributed by atoms with van der Waals surface area (Å²) in [5, 5.41) is 9.23. The maximum atomic E-state index is 11.2. The van der Waals surface area contributed by atoms with Crippen LogP contribution in [0.25, 0.3) is 5.57 Å². The van der Waals surface area contributed by atoms with Crippen LogP contribution in [0.15, 0.2) is 53.5 Å². The Kier molecular flexibility index (Phi) is 5.22. The molecule has 1 spiro atoms. The van der Waals surface area contributed by atoms with Crippen LogP contribution in [0, 0.1) is 5.41 Å². The SMILES string of the molecule is C=C(C)c1ccccc1[C@@H]1CCCN1C1CC2(C1)CN(c1ccc(C(=O)O)c(Br)c1)C2. The van der Waals surface area contributed by atoms with Crippen molar-refractivity contribution in [1.29, 1.82) is 0 Å². The number of likely N-dealkylation sites (tertiary alicyclic amines) is 1. The lowest BCUT2D eigenvalue weighted by Gasteiger charge is -2.62. The third-order valence-corrected chi connectivity index (χ3v) is 8.14. The zero-order chi connectivity index (χ0) is 21.8. The number of halogens is 1. The minimum Gasteiger partial charge on any atom is -0.478 e. The zero-order valence-electron chi connectivity index (χ0n) is 18.0. The second-order valence-electron chi connectivity index (χ2n) is 9.65. The van der Waals surface area contributed by atoms with Crippen LogP contribution in [0.1, 0.15) is 60.1 Å². The molecule has 4 nitrogen and oxygen atoms in total. The third-order valence-electron chi connectivity index (χ3n) is 7.48. The Morgan fingerprint density at radius 3 is 2.58 bits per heavy atom. The van der Waals surface area contributed by atoms with Crippen molar-refractivity contribution in [3.05, 3.63) is 70.2 Å². The largest absolute Gasteiger partial charge is 0.478 e. The second-order valence-corrected chi connectivity index (χ2v) is 10.5. The lowest BCUT2D eigenvalue weighted by molar-refractivity contribution is -0.0256. The van der Waals surface area contributed by atoms with E-state index in [4.69, 9.17) is 0 Å². The molecule has 3 aliphatic rings. The minimum atomic E-state index is -0.895. The quantitative estimate of drug-likeness (QED) is 0.570. The van der Waals surface area contributed by atoms with Crippen molar-refractivity contribution in [2.75, 3.05) is 24.5 Å². The molecule has 2 saturated heterocycles. The van der Waals surface area contributed by atoms with Gasteiger partial charge in [-0.25, -0.2) is 4.79 Å². The first-order valence-electron chi connectivity index (χ1n) is 11.2. The van der Waals surface area contributed by atoms with Gasteiger partial charge in [0.15, 0.2) is 0 Å². The predicted molar refractivity (Wildman–Crippen MR) is 129 cm³/mol. The van der Waals surface area contributed by atoms with Gasteiger partial charge in [0.2, 0.25) is 0 Å². The van der Waals surface area contributed by atoms with Gasteiger partial charge in [-0.05, 0) is 84.4 Å². The Hall–Kier alpha value is -2.11. The molecule has 31 heavy (non-hydrogen) atoms. The number of hydrogen-bond donors (Lipinski definition) is 1. The molecule has 5 heteroatoms. The molecule has 1 atom stereocenters. The van der Waals surface area contributed by atoms with Crippen LogP contribution in [-0.4, -0.2) is 41.7 Å². The predicted octanol–water partition coefficient (Wildman–Crippen LogP) is 5.99. The highest BCUT2D eigenvalue weighted by Gasteiger charge is 2.55. The number of hydrogen-bond acceptors (Lipinski definition) is 3. The highest BCUT2D eigenvalue weighted by molar-refractivity contribution is 9.10. The highest BCUT2D eigenvalue weighted by atomic mass is 79.9. The van der Waals surface area contributed by atoms with Crippen LogP contribution >= 0.6 is 15.9 Å². The topological polar surface area (TPSA) is 43.8 Å². The van der Waals surface area contributed by atoms with Crippen LogP contribution in [0.4, 0.5) is 5.69 Å². The van der Waals surface area contributed by atoms with E-state index in [9.17, 15) is 9.90 Å². The Labute approximate surface area is 192 Å². The van der Waals surface area contributed by atoms with E-state index in [1.165, 1.54) is 43.4 Å². The van der Waals surface area contributed by atoms with E-state index in [0.29, 0.717) is 27.5 Å². The van der Waals surface area contributed by atoms with Crippen molar-refractivity contribution in [2.24, 2.45) is 5.41 Å². The van der Waals surface area contributed by atoms with Crippen molar-refractivity contribution in [3.8, 4) is 0 Å². The van der Waals surface area contributed by atoms with Crippen LogP contribution in [-0.2, 0) is 0 Å². The van der Waals surface area contributed by atoms with Crippen LogP contribution in [0.5, 0.6) is 0 Å². The maximum Gasteiger partial charge on any atom is 0.336 e. The number of carbonyl (C=O) groups is 1. The van der Waals surface area contributed by atoms with Crippen molar-refractivity contribution in [3.63, 3.8) is 0 Å². The number of anilines is 1. The van der Waals surface area contributed by atoms with E-state index in [1.807, 2.05) is 12.1 Å². The number of carboxylic acid groups (broad SMARTS) is 1. The number of nitrogens with zero attached hydrogens (tertiary/aromatic N) is 2. The summed E-state index contributed by atoms with van der Waals surface area (Å²) in [4.78, 5) is 16.4. The van der Waals surface area contributed by atoms with Gasteiger partial charge in [-0.1, -0.05) is 36.4 Å². The molecule has 0 radical (unpaired) electrons. The first kappa shape index (κ1) is 20.8. The number of carboxylic acids is 1. The van der Waals surface area contributed by atoms with Gasteiger partial charge in [0.25, 0.3) is 0 Å². The van der Waals surface area contributed by atoms with E-state index >= 15 is 0 Å². The molecule has 1 saturated carbocycles. The monoisotopic (exact) mass is 480 g/mol. The van der Waals surface area contributed by atoms with E-state index in [2.05, 4.69) is 63.5 Å². The number of benzene rings is 2. The summed E-state index contributed by atoms with van der Waals surface area (Å²) in [6, 6.07) is 15.6. The fourth-order valence-electron chi connectivity index (χ4n) is 5.99. The molecule has 0 unspecified atom stereocenters. The molecular formula is C26H29BrN2O2. The molecule has 0 amide bonds. The molecule has 0 bridgehead atoms. The van der Waals surface area contributed by atoms with Crippen molar-refractivity contribution >= 4 is 33.2 Å². The normalized spacial score (nSPS) is 22.9. The van der Waals surface area contributed by atoms with Crippen molar-refractivity contribution in [2.45, 2.75) is 44.7 Å². The Bertz CT molecular complexity index is 1040. The summed E-state index contributed by atoms with van der Waals surface area (Å²) in [6.07, 6.45) is 5.05. The zero-order valence-corrected chi connectivity index (χ0v) is 19.6. The molecule has 162 valence electrons. The number of allylic oxidation sites excluding steroid dienone is 1. The van der Waals surface area contributed by atoms with E-state index < -0.39 is 5.97 Å². The number of aromatic carboxylic acids is 1. The van der Waals surface area contributed by atoms with Gasteiger partial charge >= 0.3 is 5.97 Å². The van der Waals surface area contributed by atoms with E-state index in [0.717, 1.165) is 24.4 Å². The Morgan fingerprint density at radius 1 is 1.16 bits per heavy atom.